The van der Waals surface area contributed by atoms with Gasteiger partial charge in [0.25, 0.3) is 5.69 Å². The van der Waals surface area contributed by atoms with Crippen LogP contribution in [-0.2, 0) is 6.18 Å². The van der Waals surface area contributed by atoms with Crippen molar-refractivity contribution in [2.75, 3.05) is 0 Å². The van der Waals surface area contributed by atoms with Crippen molar-refractivity contribution < 1.29 is 23.6 Å². The van der Waals surface area contributed by atoms with E-state index in [1.165, 1.54) is 0 Å². The summed E-state index contributed by atoms with van der Waals surface area (Å²) in [6.45, 7) is 0. The fourth-order valence-corrected chi connectivity index (χ4v) is 0.567. The minimum Gasteiger partial charge on any atom is -0.258 e. The summed E-state index contributed by atoms with van der Waals surface area (Å²) in [7, 11) is 0. The molecular weight excluding hydrogens is 187 g/mol. The molecule has 1 aromatic carbocycles. The Hall–Kier alpha value is -1.59. The quantitative estimate of drug-likeness (QED) is 0.510. The molecule has 0 aliphatic heterocycles. The van der Waals surface area contributed by atoms with E-state index in [9.17, 15) is 23.3 Å². The lowest BCUT2D eigenvalue weighted by Gasteiger charge is -2.04. The van der Waals surface area contributed by atoms with Gasteiger partial charge in [0, 0.05) is 12.1 Å². The molecule has 0 atom stereocenters. The number of alkyl halides is 3. The minimum absolute atomic E-state index is 1.17. The standard InChI is InChI=1S/C7H4F3NO2/c8-7(9,10)5-2-1-3-6(4-5)11(12)13/h1-4H/i1D,2D,3D,4D. The van der Waals surface area contributed by atoms with Crippen LogP contribution in [-0.4, -0.2) is 4.92 Å². The van der Waals surface area contributed by atoms with E-state index < -0.39 is 46.5 Å². The molecule has 70 valence electrons. The summed E-state index contributed by atoms with van der Waals surface area (Å²) >= 11 is 0. The van der Waals surface area contributed by atoms with Crippen molar-refractivity contribution in [3.8, 4) is 0 Å². The van der Waals surface area contributed by atoms with Crippen molar-refractivity contribution in [1.82, 2.24) is 0 Å². The third-order valence-electron chi connectivity index (χ3n) is 1.08. The van der Waals surface area contributed by atoms with E-state index in [1.54, 1.807) is 0 Å². The molecule has 0 aliphatic carbocycles. The summed E-state index contributed by atoms with van der Waals surface area (Å²) in [5.41, 5.74) is -3.29. The molecule has 6 heteroatoms. The Labute approximate surface area is 76.6 Å². The molecule has 0 heterocycles. The first-order chi connectivity index (χ1) is 7.59. The molecule has 0 N–H and O–H groups in total. The number of benzene rings is 1. The predicted molar refractivity (Wildman–Crippen MR) is 38.1 cm³/mol. The van der Waals surface area contributed by atoms with Crippen molar-refractivity contribution in [3.05, 3.63) is 39.8 Å². The predicted octanol–water partition coefficient (Wildman–Crippen LogP) is 2.61. The van der Waals surface area contributed by atoms with E-state index in [-0.39, 0.29) is 0 Å². The lowest BCUT2D eigenvalue weighted by Crippen LogP contribution is -2.04. The van der Waals surface area contributed by atoms with Crippen molar-refractivity contribution in [1.29, 1.82) is 0 Å². The van der Waals surface area contributed by atoms with E-state index in [1.807, 2.05) is 0 Å². The first-order valence-electron chi connectivity index (χ1n) is 4.91. The summed E-state index contributed by atoms with van der Waals surface area (Å²) in [5.74, 6) is 0. The molecule has 0 saturated carbocycles. The Kier molecular flexibility index (Phi) is 1.22. The Morgan fingerprint density at radius 1 is 1.46 bits per heavy atom. The molecule has 3 nitrogen and oxygen atoms in total. The van der Waals surface area contributed by atoms with Crippen LogP contribution in [0.25, 0.3) is 0 Å². The number of hydrogen-bond donors (Lipinski definition) is 0. The van der Waals surface area contributed by atoms with Gasteiger partial charge >= 0.3 is 6.18 Å². The first-order valence-corrected chi connectivity index (χ1v) is 2.91. The zero-order valence-electron chi connectivity index (χ0n) is 9.90. The minimum atomic E-state index is -5.15. The van der Waals surface area contributed by atoms with Crippen LogP contribution in [0, 0.1) is 10.1 Å². The Morgan fingerprint density at radius 3 is 2.54 bits per heavy atom. The maximum Gasteiger partial charge on any atom is 0.416 e. The van der Waals surface area contributed by atoms with E-state index in [0.29, 0.717) is 0 Å². The lowest BCUT2D eigenvalue weighted by atomic mass is 10.2. The first kappa shape index (κ1) is 5.21. The third-order valence-corrected chi connectivity index (χ3v) is 1.08. The highest BCUT2D eigenvalue weighted by Gasteiger charge is 2.31. The monoisotopic (exact) mass is 195 g/mol. The number of nitro groups is 1. The number of halogens is 3. The van der Waals surface area contributed by atoms with E-state index in [2.05, 4.69) is 0 Å². The second-order valence-corrected chi connectivity index (χ2v) is 1.98. The van der Waals surface area contributed by atoms with Crippen molar-refractivity contribution >= 4 is 5.69 Å². The zero-order valence-corrected chi connectivity index (χ0v) is 5.90. The topological polar surface area (TPSA) is 43.1 Å². The molecule has 0 amide bonds. The Bertz CT molecular complexity index is 503. The number of nitrogens with zero attached hydrogens (tertiary/aromatic N) is 1. The molecule has 0 radical (unpaired) electrons. The zero-order chi connectivity index (χ0) is 13.5. The summed E-state index contributed by atoms with van der Waals surface area (Å²) in [6, 6.07) is -5.36. The highest BCUT2D eigenvalue weighted by molar-refractivity contribution is 5.35. The van der Waals surface area contributed by atoms with Gasteiger partial charge in [0.1, 0.15) is 0 Å². The Morgan fingerprint density at radius 2 is 2.08 bits per heavy atom. The molecule has 0 aromatic heterocycles. The van der Waals surface area contributed by atoms with Crippen molar-refractivity contribution in [2.24, 2.45) is 0 Å². The molecule has 1 aromatic rings. The summed E-state index contributed by atoms with van der Waals surface area (Å²) in [5, 5.41) is 10.4. The molecular formula is C7H4F3NO2. The fourth-order valence-electron chi connectivity index (χ4n) is 0.567. The van der Waals surface area contributed by atoms with Gasteiger partial charge < -0.3 is 0 Å². The van der Waals surface area contributed by atoms with Gasteiger partial charge in [-0.3, -0.25) is 10.1 Å². The van der Waals surface area contributed by atoms with Crippen LogP contribution in [0.15, 0.2) is 24.2 Å². The molecule has 0 unspecified atom stereocenters. The largest absolute Gasteiger partial charge is 0.416 e. The normalized spacial score (nSPS) is 15.6. The number of nitro benzene ring substituents is 1. The van der Waals surface area contributed by atoms with Gasteiger partial charge in [0.2, 0.25) is 0 Å². The molecule has 13 heavy (non-hydrogen) atoms. The van der Waals surface area contributed by atoms with E-state index in [4.69, 9.17) is 5.48 Å². The van der Waals surface area contributed by atoms with Crippen molar-refractivity contribution in [2.45, 2.75) is 6.18 Å². The highest BCUT2D eigenvalue weighted by Crippen LogP contribution is 2.30. The average Bonchev–Trinajstić information content (AvgIpc) is 2.11. The molecule has 0 fully saturated rings. The summed E-state index contributed by atoms with van der Waals surface area (Å²) in [4.78, 5) is 9.10. The van der Waals surface area contributed by atoms with Crippen molar-refractivity contribution in [3.63, 3.8) is 0 Å². The van der Waals surface area contributed by atoms with Gasteiger partial charge in [-0.1, -0.05) is 6.04 Å². The summed E-state index contributed by atoms with van der Waals surface area (Å²) in [6.07, 6.45) is -5.15. The van der Waals surface area contributed by atoms with Crippen LogP contribution in [0.4, 0.5) is 18.9 Å². The van der Waals surface area contributed by atoms with E-state index in [0.717, 1.165) is 0 Å². The molecule has 1 rings (SSSR count). The van der Waals surface area contributed by atoms with Crippen LogP contribution < -0.4 is 0 Å². The van der Waals surface area contributed by atoms with Gasteiger partial charge in [-0.2, -0.15) is 13.2 Å². The van der Waals surface area contributed by atoms with Crippen LogP contribution in [0.3, 0.4) is 0 Å². The highest BCUT2D eigenvalue weighted by atomic mass is 19.4. The second-order valence-electron chi connectivity index (χ2n) is 1.98. The van der Waals surface area contributed by atoms with Gasteiger partial charge in [-0.15, -0.1) is 0 Å². The van der Waals surface area contributed by atoms with Gasteiger partial charge in [-0.05, 0) is 6.04 Å². The molecule has 0 saturated heterocycles. The number of rotatable bonds is 1. The Balaban J connectivity index is 3.81. The van der Waals surface area contributed by atoms with Crippen LogP contribution in [0.5, 0.6) is 0 Å². The van der Waals surface area contributed by atoms with Gasteiger partial charge in [0.15, 0.2) is 0 Å². The smallest absolute Gasteiger partial charge is 0.258 e. The fraction of sp³-hybridized carbons (Fsp3) is 0.143. The van der Waals surface area contributed by atoms with E-state index >= 15 is 0 Å². The number of hydrogen-bond acceptors (Lipinski definition) is 2. The third kappa shape index (κ3) is 2.17. The second kappa shape index (κ2) is 3.04. The molecule has 0 spiro atoms. The summed E-state index contributed by atoms with van der Waals surface area (Å²) < 4.78 is 65.5. The SMILES string of the molecule is [2H]c1c([2H])c([N+](=O)[O-])c([2H])c(C(F)(F)F)c1[2H]. The maximum absolute atomic E-state index is 12.5. The van der Waals surface area contributed by atoms with Crippen LogP contribution in [0.1, 0.15) is 11.0 Å². The van der Waals surface area contributed by atoms with Crippen LogP contribution >= 0.6 is 0 Å². The average molecular weight is 195 g/mol. The maximum atomic E-state index is 12.5. The lowest BCUT2D eigenvalue weighted by molar-refractivity contribution is -0.385. The molecule has 0 bridgehead atoms. The molecule has 0 aliphatic rings. The van der Waals surface area contributed by atoms with Gasteiger partial charge in [0.05, 0.1) is 16.0 Å². The van der Waals surface area contributed by atoms with Gasteiger partial charge in [-0.25, -0.2) is 0 Å². The van der Waals surface area contributed by atoms with Crippen LogP contribution in [0.2, 0.25) is 0 Å².